The summed E-state index contributed by atoms with van der Waals surface area (Å²) in [7, 11) is 0. The fraction of sp³-hybridized carbons (Fsp3) is 0.500. The van der Waals surface area contributed by atoms with Gasteiger partial charge in [0.2, 0.25) is 5.91 Å². The highest BCUT2D eigenvalue weighted by atomic mass is 32.2. The summed E-state index contributed by atoms with van der Waals surface area (Å²) in [5.41, 5.74) is 2.93. The molecular weight excluding hydrogens is 354 g/mol. The van der Waals surface area contributed by atoms with Crippen molar-refractivity contribution in [2.45, 2.75) is 56.6 Å². The molecule has 0 bridgehead atoms. The van der Waals surface area contributed by atoms with Crippen molar-refractivity contribution in [2.24, 2.45) is 5.92 Å². The van der Waals surface area contributed by atoms with Crippen molar-refractivity contribution >= 4 is 17.7 Å². The van der Waals surface area contributed by atoms with E-state index in [4.69, 9.17) is 0 Å². The summed E-state index contributed by atoms with van der Waals surface area (Å²) < 4.78 is 0. The number of likely N-dealkylation sites (tertiary alicyclic amines) is 1. The van der Waals surface area contributed by atoms with Gasteiger partial charge in [-0.2, -0.15) is 0 Å². The van der Waals surface area contributed by atoms with E-state index in [1.807, 2.05) is 31.2 Å². The molecular formula is C22H27N3OS. The van der Waals surface area contributed by atoms with E-state index in [9.17, 15) is 4.79 Å². The number of carbonyl (C=O) groups is 1. The van der Waals surface area contributed by atoms with Crippen molar-refractivity contribution in [3.63, 3.8) is 0 Å². The topological polar surface area (TPSA) is 46.1 Å². The largest absolute Gasteiger partial charge is 0.339 e. The van der Waals surface area contributed by atoms with Crippen LogP contribution in [-0.4, -0.2) is 39.1 Å². The lowest BCUT2D eigenvalue weighted by Gasteiger charge is -2.44. The van der Waals surface area contributed by atoms with E-state index < -0.39 is 0 Å². The van der Waals surface area contributed by atoms with Crippen LogP contribution in [0.3, 0.4) is 0 Å². The van der Waals surface area contributed by atoms with Gasteiger partial charge in [-0.3, -0.25) is 4.79 Å². The van der Waals surface area contributed by atoms with Crippen LogP contribution in [0.2, 0.25) is 0 Å². The molecule has 1 saturated carbocycles. The third kappa shape index (κ3) is 4.34. The molecule has 0 unspecified atom stereocenters. The monoisotopic (exact) mass is 381 g/mol. The lowest BCUT2D eigenvalue weighted by molar-refractivity contribution is -0.134. The maximum Gasteiger partial charge on any atom is 0.233 e. The van der Waals surface area contributed by atoms with Crippen molar-refractivity contribution in [3.8, 4) is 11.3 Å². The van der Waals surface area contributed by atoms with Gasteiger partial charge in [0.1, 0.15) is 0 Å². The molecule has 4 nitrogen and oxygen atoms in total. The van der Waals surface area contributed by atoms with Crippen LogP contribution in [0.4, 0.5) is 0 Å². The lowest BCUT2D eigenvalue weighted by atomic mass is 9.78. The summed E-state index contributed by atoms with van der Waals surface area (Å²) in [5, 5.41) is 0.694. The van der Waals surface area contributed by atoms with Gasteiger partial charge in [-0.25, -0.2) is 9.97 Å². The average Bonchev–Trinajstić information content (AvgIpc) is 2.72. The highest BCUT2D eigenvalue weighted by Gasteiger charge is 2.35. The fourth-order valence-electron chi connectivity index (χ4n) is 4.51. The molecule has 2 aliphatic rings. The van der Waals surface area contributed by atoms with Gasteiger partial charge in [-0.15, -0.1) is 0 Å². The van der Waals surface area contributed by atoms with Crippen LogP contribution >= 0.6 is 11.8 Å². The highest BCUT2D eigenvalue weighted by Crippen LogP contribution is 2.35. The first kappa shape index (κ1) is 18.5. The number of rotatable bonds is 4. The van der Waals surface area contributed by atoms with E-state index in [0.29, 0.717) is 17.0 Å². The van der Waals surface area contributed by atoms with Crippen LogP contribution in [0.1, 0.15) is 44.2 Å². The molecule has 142 valence electrons. The predicted octanol–water partition coefficient (Wildman–Crippen LogP) is 4.73. The van der Waals surface area contributed by atoms with E-state index in [2.05, 4.69) is 27.0 Å². The van der Waals surface area contributed by atoms with Gasteiger partial charge in [-0.05, 0) is 44.6 Å². The number of benzene rings is 1. The zero-order valence-electron chi connectivity index (χ0n) is 15.9. The van der Waals surface area contributed by atoms with Crippen LogP contribution in [0, 0.1) is 12.8 Å². The maximum atomic E-state index is 12.9. The Bertz CT molecular complexity index is 793. The first-order valence-corrected chi connectivity index (χ1v) is 11.0. The molecule has 1 amide bonds. The quantitative estimate of drug-likeness (QED) is 0.568. The molecule has 0 N–H and O–H groups in total. The SMILES string of the molecule is Cc1cc(-c2ccccc2)nc(SCC(=O)N2CCC[C@H]3CCCC[C@@H]32)n1. The second-order valence-corrected chi connectivity index (χ2v) is 8.62. The number of carbonyl (C=O) groups excluding carboxylic acids is 1. The summed E-state index contributed by atoms with van der Waals surface area (Å²) in [6.07, 6.45) is 7.51. The van der Waals surface area contributed by atoms with E-state index in [1.165, 1.54) is 43.9 Å². The van der Waals surface area contributed by atoms with Crippen molar-refractivity contribution in [3.05, 3.63) is 42.1 Å². The number of nitrogens with zero attached hydrogens (tertiary/aromatic N) is 3. The Kier molecular flexibility index (Phi) is 5.77. The number of hydrogen-bond acceptors (Lipinski definition) is 4. The van der Waals surface area contributed by atoms with Crippen LogP contribution in [0.5, 0.6) is 0 Å². The minimum Gasteiger partial charge on any atom is -0.339 e. The molecule has 4 rings (SSSR count). The Hall–Kier alpha value is -1.88. The van der Waals surface area contributed by atoms with Crippen LogP contribution in [-0.2, 0) is 4.79 Å². The number of amides is 1. The molecule has 2 atom stereocenters. The van der Waals surface area contributed by atoms with E-state index >= 15 is 0 Å². The molecule has 2 heterocycles. The average molecular weight is 382 g/mol. The van der Waals surface area contributed by atoms with Crippen LogP contribution < -0.4 is 0 Å². The molecule has 2 aromatic rings. The second kappa shape index (κ2) is 8.42. The third-order valence-corrected chi connectivity index (χ3v) is 6.62. The Labute approximate surface area is 165 Å². The summed E-state index contributed by atoms with van der Waals surface area (Å²) >= 11 is 1.47. The second-order valence-electron chi connectivity index (χ2n) is 7.67. The minimum atomic E-state index is 0.253. The summed E-state index contributed by atoms with van der Waals surface area (Å²) in [6, 6.07) is 12.6. The van der Waals surface area contributed by atoms with Gasteiger partial charge in [0.15, 0.2) is 5.16 Å². The van der Waals surface area contributed by atoms with Gasteiger partial charge >= 0.3 is 0 Å². The molecule has 1 saturated heterocycles. The Morgan fingerprint density at radius 3 is 2.74 bits per heavy atom. The predicted molar refractivity (Wildman–Crippen MR) is 110 cm³/mol. The first-order valence-electron chi connectivity index (χ1n) is 10.0. The molecule has 0 spiro atoms. The number of fused-ring (bicyclic) bond motifs is 1. The molecule has 1 aliphatic heterocycles. The number of aromatic nitrogens is 2. The Balaban J connectivity index is 1.44. The molecule has 1 aliphatic carbocycles. The summed E-state index contributed by atoms with van der Waals surface area (Å²) in [5.74, 6) is 1.41. The zero-order valence-corrected chi connectivity index (χ0v) is 16.8. The highest BCUT2D eigenvalue weighted by molar-refractivity contribution is 7.99. The van der Waals surface area contributed by atoms with E-state index in [0.717, 1.165) is 35.8 Å². The number of thioether (sulfide) groups is 1. The van der Waals surface area contributed by atoms with Crippen molar-refractivity contribution in [2.75, 3.05) is 12.3 Å². The normalized spacial score (nSPS) is 22.3. The van der Waals surface area contributed by atoms with Crippen LogP contribution in [0.15, 0.2) is 41.6 Å². The minimum absolute atomic E-state index is 0.253. The number of piperidine rings is 1. The standard InChI is InChI=1S/C22H27N3OS/c1-16-14-19(17-8-3-2-4-9-17)24-22(23-16)27-15-21(26)25-13-7-11-18-10-5-6-12-20(18)25/h2-4,8-9,14,18,20H,5-7,10-13,15H2,1H3/t18-,20+/m1/s1. The zero-order chi connectivity index (χ0) is 18.6. The maximum absolute atomic E-state index is 12.9. The number of hydrogen-bond donors (Lipinski definition) is 0. The van der Waals surface area contributed by atoms with E-state index in [-0.39, 0.29) is 5.91 Å². The summed E-state index contributed by atoms with van der Waals surface area (Å²) in [4.78, 5) is 24.3. The van der Waals surface area contributed by atoms with Crippen LogP contribution in [0.25, 0.3) is 11.3 Å². The fourth-order valence-corrected chi connectivity index (χ4v) is 5.30. The molecule has 1 aromatic carbocycles. The van der Waals surface area contributed by atoms with Gasteiger partial charge < -0.3 is 4.90 Å². The Morgan fingerprint density at radius 2 is 1.89 bits per heavy atom. The first-order chi connectivity index (χ1) is 13.2. The lowest BCUT2D eigenvalue weighted by Crippen LogP contribution is -2.50. The molecule has 1 aromatic heterocycles. The molecule has 27 heavy (non-hydrogen) atoms. The van der Waals surface area contributed by atoms with Crippen molar-refractivity contribution < 1.29 is 4.79 Å². The third-order valence-electron chi connectivity index (χ3n) is 5.79. The Morgan fingerprint density at radius 1 is 1.11 bits per heavy atom. The van der Waals surface area contributed by atoms with E-state index in [1.54, 1.807) is 0 Å². The van der Waals surface area contributed by atoms with Crippen molar-refractivity contribution in [1.29, 1.82) is 0 Å². The molecule has 2 fully saturated rings. The molecule has 5 heteroatoms. The van der Waals surface area contributed by atoms with Gasteiger partial charge in [0.05, 0.1) is 11.4 Å². The number of aryl methyl sites for hydroxylation is 1. The smallest absolute Gasteiger partial charge is 0.233 e. The van der Waals surface area contributed by atoms with Gasteiger partial charge in [-0.1, -0.05) is 54.9 Å². The van der Waals surface area contributed by atoms with Gasteiger partial charge in [0.25, 0.3) is 0 Å². The summed E-state index contributed by atoms with van der Waals surface area (Å²) in [6.45, 7) is 2.90. The van der Waals surface area contributed by atoms with Crippen molar-refractivity contribution in [1.82, 2.24) is 14.9 Å². The molecule has 0 radical (unpaired) electrons. The van der Waals surface area contributed by atoms with Gasteiger partial charge in [0, 0.05) is 23.8 Å².